The summed E-state index contributed by atoms with van der Waals surface area (Å²) >= 11 is 1.26. The van der Waals surface area contributed by atoms with Crippen molar-refractivity contribution in [3.63, 3.8) is 0 Å². The van der Waals surface area contributed by atoms with Crippen LogP contribution < -0.4 is 0 Å². The van der Waals surface area contributed by atoms with Gasteiger partial charge in [-0.2, -0.15) is 0 Å². The van der Waals surface area contributed by atoms with E-state index in [0.29, 0.717) is 0 Å². The number of carboxylic acid groups (broad SMARTS) is 1. The topological polar surface area (TPSA) is 50.2 Å². The van der Waals surface area contributed by atoms with Gasteiger partial charge < -0.3 is 5.11 Å². The molecule has 0 spiro atoms. The number of carboxylic acids is 1. The lowest BCUT2D eigenvalue weighted by Gasteiger charge is -2.04. The van der Waals surface area contributed by atoms with Crippen LogP contribution in [0.4, 0.5) is 0 Å². The largest absolute Gasteiger partial charge is 0.480 e. The fourth-order valence-corrected chi connectivity index (χ4v) is 1.64. The van der Waals surface area contributed by atoms with Gasteiger partial charge in [-0.15, -0.1) is 0 Å². The quantitative estimate of drug-likeness (QED) is 0.752. The summed E-state index contributed by atoms with van der Waals surface area (Å²) in [7, 11) is 0. The van der Waals surface area contributed by atoms with E-state index in [2.05, 4.69) is 4.98 Å². The first-order valence-corrected chi connectivity index (χ1v) is 4.79. The van der Waals surface area contributed by atoms with E-state index >= 15 is 0 Å². The van der Waals surface area contributed by atoms with Gasteiger partial charge in [0, 0.05) is 6.20 Å². The van der Waals surface area contributed by atoms with Gasteiger partial charge in [0.15, 0.2) is 0 Å². The number of pyridine rings is 1. The molecule has 13 heavy (non-hydrogen) atoms. The van der Waals surface area contributed by atoms with Crippen molar-refractivity contribution >= 4 is 17.7 Å². The molecule has 1 aromatic rings. The van der Waals surface area contributed by atoms with Crippen molar-refractivity contribution in [2.75, 3.05) is 0 Å². The minimum Gasteiger partial charge on any atom is -0.480 e. The lowest BCUT2D eigenvalue weighted by molar-refractivity contribution is -0.136. The van der Waals surface area contributed by atoms with Crippen LogP contribution in [0, 0.1) is 6.92 Å². The van der Waals surface area contributed by atoms with Crippen molar-refractivity contribution in [2.45, 2.75) is 24.1 Å². The van der Waals surface area contributed by atoms with E-state index in [1.54, 1.807) is 13.1 Å². The standard InChI is InChI=1S/C9H11NO2S/c1-6-3-4-10-8(5-6)13-7(2)9(11)12/h3-5,7H,1-2H3,(H,11,12). The first-order valence-electron chi connectivity index (χ1n) is 3.91. The molecule has 1 N–H and O–H groups in total. The molecule has 1 aromatic heterocycles. The van der Waals surface area contributed by atoms with E-state index < -0.39 is 11.2 Å². The van der Waals surface area contributed by atoms with Crippen molar-refractivity contribution < 1.29 is 9.90 Å². The molecule has 3 nitrogen and oxygen atoms in total. The first kappa shape index (κ1) is 10.1. The first-order chi connectivity index (χ1) is 6.09. The second-order valence-corrected chi connectivity index (χ2v) is 4.13. The summed E-state index contributed by atoms with van der Waals surface area (Å²) in [6.07, 6.45) is 1.69. The summed E-state index contributed by atoms with van der Waals surface area (Å²) in [5, 5.41) is 8.97. The molecule has 0 bridgehead atoms. The van der Waals surface area contributed by atoms with Gasteiger partial charge in [0.25, 0.3) is 0 Å². The smallest absolute Gasteiger partial charge is 0.316 e. The Labute approximate surface area is 81.2 Å². The average Bonchev–Trinajstić information content (AvgIpc) is 2.04. The summed E-state index contributed by atoms with van der Waals surface area (Å²) < 4.78 is 0. The second-order valence-electron chi connectivity index (χ2n) is 2.77. The van der Waals surface area contributed by atoms with Gasteiger partial charge in [-0.1, -0.05) is 11.8 Å². The Bertz CT molecular complexity index is 314. The Morgan fingerprint density at radius 3 is 2.92 bits per heavy atom. The monoisotopic (exact) mass is 197 g/mol. The fraction of sp³-hybridized carbons (Fsp3) is 0.333. The van der Waals surface area contributed by atoms with E-state index in [1.807, 2.05) is 19.1 Å². The molecule has 0 saturated heterocycles. The summed E-state index contributed by atoms with van der Waals surface area (Å²) in [6.45, 7) is 3.61. The van der Waals surface area contributed by atoms with E-state index in [-0.39, 0.29) is 0 Å². The third-order valence-electron chi connectivity index (χ3n) is 1.54. The SMILES string of the molecule is Cc1ccnc(SC(C)C(=O)O)c1. The number of thioether (sulfide) groups is 1. The van der Waals surface area contributed by atoms with Crippen molar-refractivity contribution in [2.24, 2.45) is 0 Å². The zero-order valence-electron chi connectivity index (χ0n) is 7.52. The van der Waals surface area contributed by atoms with Gasteiger partial charge in [0.2, 0.25) is 0 Å². The van der Waals surface area contributed by atoms with Crippen molar-refractivity contribution in [3.05, 3.63) is 23.9 Å². The molecule has 4 heteroatoms. The highest BCUT2D eigenvalue weighted by atomic mass is 32.2. The molecule has 0 radical (unpaired) electrons. The van der Waals surface area contributed by atoms with Crippen LogP contribution in [0.3, 0.4) is 0 Å². The molecular formula is C9H11NO2S. The Hall–Kier alpha value is -1.03. The molecule has 0 amide bonds. The average molecular weight is 197 g/mol. The van der Waals surface area contributed by atoms with E-state index in [1.165, 1.54) is 11.8 Å². The minimum atomic E-state index is -0.812. The molecule has 1 heterocycles. The summed E-state index contributed by atoms with van der Waals surface area (Å²) in [5.74, 6) is -0.812. The van der Waals surface area contributed by atoms with E-state index in [0.717, 1.165) is 10.6 Å². The number of aromatic nitrogens is 1. The van der Waals surface area contributed by atoms with E-state index in [9.17, 15) is 4.79 Å². The van der Waals surface area contributed by atoms with Gasteiger partial charge in [0.05, 0.1) is 5.03 Å². The third kappa shape index (κ3) is 3.06. The van der Waals surface area contributed by atoms with Gasteiger partial charge in [-0.05, 0) is 31.5 Å². The zero-order chi connectivity index (χ0) is 9.84. The maximum absolute atomic E-state index is 10.5. The molecule has 1 rings (SSSR count). The number of rotatable bonds is 3. The lowest BCUT2D eigenvalue weighted by Crippen LogP contribution is -2.11. The Kier molecular flexibility index (Phi) is 3.31. The molecular weight excluding hydrogens is 186 g/mol. The van der Waals surface area contributed by atoms with Gasteiger partial charge in [-0.25, -0.2) is 4.98 Å². The summed E-state index contributed by atoms with van der Waals surface area (Å²) in [4.78, 5) is 14.6. The third-order valence-corrected chi connectivity index (χ3v) is 2.56. The maximum Gasteiger partial charge on any atom is 0.316 e. The number of nitrogens with zero attached hydrogens (tertiary/aromatic N) is 1. The van der Waals surface area contributed by atoms with Crippen LogP contribution in [0.2, 0.25) is 0 Å². The predicted octanol–water partition coefficient (Wildman–Crippen LogP) is 1.96. The highest BCUT2D eigenvalue weighted by Crippen LogP contribution is 2.21. The molecule has 0 aliphatic rings. The molecule has 70 valence electrons. The lowest BCUT2D eigenvalue weighted by atomic mass is 10.3. The number of aliphatic carboxylic acids is 1. The number of aryl methyl sites for hydroxylation is 1. The molecule has 0 aromatic carbocycles. The van der Waals surface area contributed by atoms with Gasteiger partial charge in [0.1, 0.15) is 5.25 Å². The highest BCUT2D eigenvalue weighted by Gasteiger charge is 2.12. The second kappa shape index (κ2) is 4.28. The van der Waals surface area contributed by atoms with Crippen molar-refractivity contribution in [3.8, 4) is 0 Å². The Balaban J connectivity index is 2.69. The normalized spacial score (nSPS) is 12.5. The molecule has 1 unspecified atom stereocenters. The predicted molar refractivity (Wildman–Crippen MR) is 51.9 cm³/mol. The van der Waals surface area contributed by atoms with Gasteiger partial charge in [-0.3, -0.25) is 4.79 Å². The van der Waals surface area contributed by atoms with Crippen LogP contribution in [0.5, 0.6) is 0 Å². The summed E-state index contributed by atoms with van der Waals surface area (Å²) in [5.41, 5.74) is 1.09. The van der Waals surface area contributed by atoms with Crippen LogP contribution in [-0.4, -0.2) is 21.3 Å². The Morgan fingerprint density at radius 1 is 1.69 bits per heavy atom. The number of hydrogen-bond donors (Lipinski definition) is 1. The number of hydrogen-bond acceptors (Lipinski definition) is 3. The van der Waals surface area contributed by atoms with Crippen LogP contribution in [0.15, 0.2) is 23.4 Å². The van der Waals surface area contributed by atoms with E-state index in [4.69, 9.17) is 5.11 Å². The van der Waals surface area contributed by atoms with Crippen LogP contribution >= 0.6 is 11.8 Å². The Morgan fingerprint density at radius 2 is 2.38 bits per heavy atom. The van der Waals surface area contributed by atoms with Crippen molar-refractivity contribution in [1.29, 1.82) is 0 Å². The molecule has 0 aliphatic carbocycles. The minimum absolute atomic E-state index is 0.450. The zero-order valence-corrected chi connectivity index (χ0v) is 8.34. The molecule has 0 saturated carbocycles. The van der Waals surface area contributed by atoms with Crippen molar-refractivity contribution in [1.82, 2.24) is 4.98 Å². The van der Waals surface area contributed by atoms with Crippen LogP contribution in [0.25, 0.3) is 0 Å². The molecule has 0 fully saturated rings. The van der Waals surface area contributed by atoms with Crippen LogP contribution in [-0.2, 0) is 4.79 Å². The highest BCUT2D eigenvalue weighted by molar-refractivity contribution is 8.00. The maximum atomic E-state index is 10.5. The number of carbonyl (C=O) groups is 1. The fourth-order valence-electron chi connectivity index (χ4n) is 0.804. The molecule has 1 atom stereocenters. The molecule has 0 aliphatic heterocycles. The summed E-state index contributed by atoms with van der Waals surface area (Å²) in [6, 6.07) is 3.76. The van der Waals surface area contributed by atoms with Crippen LogP contribution in [0.1, 0.15) is 12.5 Å². The van der Waals surface area contributed by atoms with Gasteiger partial charge >= 0.3 is 5.97 Å².